The standard InChI is InChI=1S/C31H29ClO2.C31H30O3.C24H23ClO2.C22H20O2/c2*32-21-20-30(26-12-6-2-7-13-26)31(27-14-8-3-9-15-27)28-16-18-29(19-17-28)34-23-22-33-24-25-10-4-1-5-11-25;25-16-15-23(19-7-3-1-4-8-19)24(20-9-5-2-6-10-20)21-11-13-22(14-12-21)27-18-17-26;23-16-15-21(17-7-3-1-4-8-17)22(18-9-5-2-6-10-18)19-11-13-20(24)14-12-19/h1-19H,20-24H2;1-19,32H,20-24H2;1-14,26H,15-18H2;1-14,23-24H,15-16H2/b2*31-30-;24-23-;22-21-. The van der Waals surface area contributed by atoms with Crippen LogP contribution in [0.4, 0.5) is 0 Å². The van der Waals surface area contributed by atoms with E-state index in [9.17, 15) is 15.3 Å². The number of aliphatic hydroxyl groups is 3. The predicted octanol–water partition coefficient (Wildman–Crippen LogP) is 24.9. The lowest BCUT2D eigenvalue weighted by molar-refractivity contribution is 0.0889. The van der Waals surface area contributed by atoms with Crippen molar-refractivity contribution >= 4 is 67.8 Å². The van der Waals surface area contributed by atoms with Gasteiger partial charge in [-0.05, 0) is 197 Å². The summed E-state index contributed by atoms with van der Waals surface area (Å²) in [4.78, 5) is 0. The summed E-state index contributed by atoms with van der Waals surface area (Å²) in [6.07, 6.45) is 2.70. The molecule has 9 nitrogen and oxygen atoms in total. The van der Waals surface area contributed by atoms with E-state index in [1.54, 1.807) is 12.1 Å². The molecule has 0 saturated heterocycles. The first-order valence-corrected chi connectivity index (χ1v) is 41.4. The van der Waals surface area contributed by atoms with E-state index in [0.29, 0.717) is 70.8 Å². The van der Waals surface area contributed by atoms with Gasteiger partial charge in [0.1, 0.15) is 42.8 Å². The first-order valence-electron chi connectivity index (χ1n) is 40.4. The van der Waals surface area contributed by atoms with Crippen molar-refractivity contribution in [1.82, 2.24) is 0 Å². The molecule has 0 aliphatic rings. The van der Waals surface area contributed by atoms with Crippen LogP contribution in [0.3, 0.4) is 0 Å². The number of ether oxygens (including phenoxy) is 5. The Morgan fingerprint density at radius 3 is 0.655 bits per heavy atom. The third-order valence-electron chi connectivity index (χ3n) is 19.5. The van der Waals surface area contributed by atoms with Gasteiger partial charge in [-0.15, -0.1) is 23.2 Å². The first-order chi connectivity index (χ1) is 58.8. The number of alkyl halides is 2. The van der Waals surface area contributed by atoms with Gasteiger partial charge in [-0.3, -0.25) is 0 Å². The number of benzene rings is 14. The molecule has 0 unspecified atom stereocenters. The van der Waals surface area contributed by atoms with Crippen molar-refractivity contribution in [3.63, 3.8) is 0 Å². The van der Waals surface area contributed by atoms with E-state index in [-0.39, 0.29) is 25.6 Å². The molecule has 0 fully saturated rings. The highest BCUT2D eigenvalue weighted by Gasteiger charge is 2.19. The van der Waals surface area contributed by atoms with Crippen LogP contribution in [0.25, 0.3) is 44.6 Å². The second-order valence-electron chi connectivity index (χ2n) is 27.6. The second-order valence-corrected chi connectivity index (χ2v) is 28.4. The Morgan fingerprint density at radius 2 is 0.420 bits per heavy atom. The summed E-state index contributed by atoms with van der Waals surface area (Å²) in [7, 11) is 0. The van der Waals surface area contributed by atoms with Gasteiger partial charge in [0, 0.05) is 25.0 Å². The average molecular weight is 1610 g/mol. The maximum absolute atomic E-state index is 9.83. The number of phenolic OH excluding ortho intramolecular Hbond substituents is 1. The van der Waals surface area contributed by atoms with E-state index >= 15 is 0 Å². The van der Waals surface area contributed by atoms with Crippen molar-refractivity contribution in [3.8, 4) is 23.0 Å². The topological polar surface area (TPSA) is 127 Å². The Bertz CT molecular complexity index is 5130. The number of hydrogen-bond donors (Lipinski definition) is 4. The molecule has 0 aliphatic carbocycles. The number of aromatic hydroxyl groups is 1. The third kappa shape index (κ3) is 27.4. The van der Waals surface area contributed by atoms with Gasteiger partial charge in [0.15, 0.2) is 0 Å². The number of aliphatic hydroxyl groups excluding tert-OH is 3. The summed E-state index contributed by atoms with van der Waals surface area (Å²) in [6.45, 7) is 3.72. The van der Waals surface area contributed by atoms with E-state index < -0.39 is 0 Å². The molecular formula is C108H102Cl2O9. The van der Waals surface area contributed by atoms with Crippen LogP contribution in [-0.4, -0.2) is 85.0 Å². The number of hydrogen-bond acceptors (Lipinski definition) is 9. The van der Waals surface area contributed by atoms with E-state index in [2.05, 4.69) is 206 Å². The molecule has 0 aromatic heterocycles. The van der Waals surface area contributed by atoms with Crippen LogP contribution >= 0.6 is 23.2 Å². The summed E-state index contributed by atoms with van der Waals surface area (Å²) in [6, 6.07) is 135. The molecule has 0 saturated carbocycles. The zero-order chi connectivity index (χ0) is 82.5. The molecule has 11 heteroatoms. The lowest BCUT2D eigenvalue weighted by Crippen LogP contribution is -2.06. The Kier molecular flexibility index (Phi) is 36.5. The van der Waals surface area contributed by atoms with Gasteiger partial charge >= 0.3 is 0 Å². The monoisotopic (exact) mass is 1610 g/mol. The number of allylic oxidation sites excluding steroid dienone is 2. The molecule has 0 atom stereocenters. The lowest BCUT2D eigenvalue weighted by atomic mass is 9.88. The van der Waals surface area contributed by atoms with Crippen LogP contribution in [-0.2, 0) is 22.7 Å². The average Bonchev–Trinajstić information content (AvgIpc) is 0.819. The van der Waals surface area contributed by atoms with Crippen LogP contribution in [0.5, 0.6) is 23.0 Å². The van der Waals surface area contributed by atoms with Crippen LogP contribution in [0, 0.1) is 0 Å². The van der Waals surface area contributed by atoms with Crippen LogP contribution in [0.1, 0.15) is 104 Å². The van der Waals surface area contributed by atoms with Crippen molar-refractivity contribution < 1.29 is 44.1 Å². The molecule has 0 heterocycles. The maximum atomic E-state index is 9.83. The Hall–Kier alpha value is -12.4. The van der Waals surface area contributed by atoms with Crippen molar-refractivity contribution in [3.05, 3.63) is 478 Å². The molecule has 4 N–H and O–H groups in total. The molecule has 119 heavy (non-hydrogen) atoms. The smallest absolute Gasteiger partial charge is 0.119 e. The van der Waals surface area contributed by atoms with Crippen molar-refractivity contribution in [2.45, 2.75) is 38.9 Å². The highest BCUT2D eigenvalue weighted by molar-refractivity contribution is 6.19. The summed E-state index contributed by atoms with van der Waals surface area (Å²) < 4.78 is 28.7. The molecular weight excluding hydrogens is 1510 g/mol. The summed E-state index contributed by atoms with van der Waals surface area (Å²) in [5.74, 6) is 3.75. The first kappa shape index (κ1) is 87.5. The van der Waals surface area contributed by atoms with Gasteiger partial charge < -0.3 is 44.1 Å². The van der Waals surface area contributed by atoms with Crippen molar-refractivity contribution in [2.75, 3.05) is 64.6 Å². The van der Waals surface area contributed by atoms with Gasteiger partial charge in [0.2, 0.25) is 0 Å². The molecule has 0 radical (unpaired) electrons. The van der Waals surface area contributed by atoms with Gasteiger partial charge in [-0.1, -0.05) is 352 Å². The Labute approximate surface area is 712 Å². The van der Waals surface area contributed by atoms with Crippen LogP contribution < -0.4 is 14.2 Å². The normalized spacial score (nSPS) is 11.7. The van der Waals surface area contributed by atoms with Crippen molar-refractivity contribution in [1.29, 1.82) is 0 Å². The van der Waals surface area contributed by atoms with Gasteiger partial charge in [0.05, 0.1) is 33.0 Å². The molecule has 0 amide bonds. The summed E-state index contributed by atoms with van der Waals surface area (Å²) >= 11 is 12.4. The fourth-order valence-corrected chi connectivity index (χ4v) is 14.4. The van der Waals surface area contributed by atoms with E-state index in [1.807, 2.05) is 182 Å². The second kappa shape index (κ2) is 49.6. The minimum atomic E-state index is 0.00476. The van der Waals surface area contributed by atoms with E-state index in [4.69, 9.17) is 52.0 Å². The molecule has 14 aromatic rings. The fourth-order valence-electron chi connectivity index (χ4n) is 14.0. The predicted molar refractivity (Wildman–Crippen MR) is 492 cm³/mol. The zero-order valence-corrected chi connectivity index (χ0v) is 68.5. The molecule has 602 valence electrons. The molecule has 14 aromatic carbocycles. The maximum Gasteiger partial charge on any atom is 0.119 e. The van der Waals surface area contributed by atoms with Gasteiger partial charge in [0.25, 0.3) is 0 Å². The largest absolute Gasteiger partial charge is 0.508 e. The SMILES string of the molecule is ClCC/C(=C(\c1ccccc1)c1ccc(OCCOCc2ccccc2)cc1)c1ccccc1.OCC/C(=C(\c1ccccc1)c1ccc(O)cc1)c1ccccc1.OCC/C(=C(\c1ccccc1)c1ccc(OCCOCc2ccccc2)cc1)c1ccccc1.OCCOc1ccc(/C(=C(/CCCl)c2ccccc2)c2ccccc2)cc1. The Morgan fingerprint density at radius 1 is 0.210 bits per heavy atom. The van der Waals surface area contributed by atoms with Crippen molar-refractivity contribution in [2.24, 2.45) is 0 Å². The van der Waals surface area contributed by atoms with Crippen LogP contribution in [0.15, 0.2) is 400 Å². The molecule has 0 aliphatic heterocycles. The van der Waals surface area contributed by atoms with Gasteiger partial charge in [-0.25, -0.2) is 0 Å². The minimum Gasteiger partial charge on any atom is -0.508 e. The number of halogens is 2. The van der Waals surface area contributed by atoms with E-state index in [1.165, 1.54) is 44.5 Å². The highest BCUT2D eigenvalue weighted by Crippen LogP contribution is 2.40. The van der Waals surface area contributed by atoms with Gasteiger partial charge in [-0.2, -0.15) is 0 Å². The summed E-state index contributed by atoms with van der Waals surface area (Å²) in [5, 5.41) is 38.0. The zero-order valence-electron chi connectivity index (χ0n) is 67.0. The fraction of sp³-hybridized carbons (Fsp3) is 0.148. The minimum absolute atomic E-state index is 0.00476. The van der Waals surface area contributed by atoms with E-state index in [0.717, 1.165) is 108 Å². The highest BCUT2D eigenvalue weighted by atomic mass is 35.5. The summed E-state index contributed by atoms with van der Waals surface area (Å²) in [5.41, 5.74) is 25.1. The molecule has 0 bridgehead atoms. The third-order valence-corrected chi connectivity index (χ3v) is 19.9. The number of rotatable bonds is 35. The number of phenols is 1. The molecule has 14 rings (SSSR count). The lowest BCUT2D eigenvalue weighted by Gasteiger charge is -2.17. The quantitative estimate of drug-likeness (QED) is 0.0174. The Balaban J connectivity index is 0.000000157. The van der Waals surface area contributed by atoms with Crippen LogP contribution in [0.2, 0.25) is 0 Å². The molecule has 0 spiro atoms.